The summed E-state index contributed by atoms with van der Waals surface area (Å²) in [6.45, 7) is 3.95. The van der Waals surface area contributed by atoms with Crippen molar-refractivity contribution in [2.45, 2.75) is 12.8 Å². The van der Waals surface area contributed by atoms with Crippen LogP contribution in [0.2, 0.25) is 0 Å². The topological polar surface area (TPSA) is 46.6 Å². The number of carbonyl (C=O) groups excluding carboxylic acids is 2. The van der Waals surface area contributed by atoms with E-state index in [4.69, 9.17) is 0 Å². The van der Waals surface area contributed by atoms with Gasteiger partial charge in [-0.2, -0.15) is 0 Å². The van der Waals surface area contributed by atoms with Gasteiger partial charge in [0.15, 0.2) is 0 Å². The summed E-state index contributed by atoms with van der Waals surface area (Å²) in [5, 5.41) is 0. The van der Waals surface area contributed by atoms with Crippen molar-refractivity contribution in [1.29, 1.82) is 0 Å². The van der Waals surface area contributed by atoms with Gasteiger partial charge in [0, 0.05) is 13.0 Å². The number of likely N-dealkylation sites (tertiary alicyclic amines) is 1. The van der Waals surface area contributed by atoms with Gasteiger partial charge in [-0.3, -0.25) is 4.79 Å². The lowest BCUT2D eigenvalue weighted by atomic mass is 10.4. The average molecular weight is 169 g/mol. The van der Waals surface area contributed by atoms with Gasteiger partial charge in [0.05, 0.1) is 6.26 Å². The molecule has 0 saturated carbocycles. The molecule has 0 bridgehead atoms. The van der Waals surface area contributed by atoms with Gasteiger partial charge in [-0.25, -0.2) is 4.79 Å². The minimum atomic E-state index is -0.430. The Bertz CT molecular complexity index is 212. The maximum atomic E-state index is 11.0. The lowest BCUT2D eigenvalue weighted by molar-refractivity contribution is -0.143. The molecule has 1 fully saturated rings. The van der Waals surface area contributed by atoms with E-state index in [1.807, 2.05) is 0 Å². The molecule has 1 aliphatic rings. The molecule has 0 atom stereocenters. The fraction of sp³-hybridized carbons (Fsp3) is 0.500. The number of carbonyl (C=O) groups is 2. The Morgan fingerprint density at radius 3 is 3.00 bits per heavy atom. The van der Waals surface area contributed by atoms with Gasteiger partial charge in [0.25, 0.3) is 0 Å². The highest BCUT2D eigenvalue weighted by Gasteiger charge is 2.22. The summed E-state index contributed by atoms with van der Waals surface area (Å²) in [4.78, 5) is 23.4. The van der Waals surface area contributed by atoms with Gasteiger partial charge in [-0.1, -0.05) is 6.58 Å². The van der Waals surface area contributed by atoms with E-state index in [0.29, 0.717) is 13.0 Å². The predicted molar refractivity (Wildman–Crippen MR) is 42.1 cm³/mol. The third-order valence-electron chi connectivity index (χ3n) is 1.71. The molecule has 0 aromatic heterocycles. The Balaban J connectivity index is 2.34. The predicted octanol–water partition coefficient (Wildman–Crippen LogP) is 0.295. The van der Waals surface area contributed by atoms with Gasteiger partial charge in [0.1, 0.15) is 6.54 Å². The molecule has 0 spiro atoms. The zero-order valence-corrected chi connectivity index (χ0v) is 6.78. The zero-order valence-electron chi connectivity index (χ0n) is 6.78. The van der Waals surface area contributed by atoms with E-state index in [1.165, 1.54) is 4.90 Å². The highest BCUT2D eigenvalue weighted by atomic mass is 16.5. The largest absolute Gasteiger partial charge is 0.434 e. The molecule has 1 amide bonds. The molecule has 0 N–H and O–H groups in total. The highest BCUT2D eigenvalue weighted by Crippen LogP contribution is 2.08. The first-order valence-electron chi connectivity index (χ1n) is 3.82. The minimum Gasteiger partial charge on any atom is -0.434 e. The molecule has 1 rings (SSSR count). The number of rotatable bonds is 3. The molecular weight excluding hydrogens is 158 g/mol. The molecule has 0 aliphatic carbocycles. The third kappa shape index (κ3) is 2.08. The quantitative estimate of drug-likeness (QED) is 0.450. The highest BCUT2D eigenvalue weighted by molar-refractivity contribution is 5.83. The number of amides is 1. The molecule has 4 heteroatoms. The van der Waals surface area contributed by atoms with E-state index in [9.17, 15) is 9.59 Å². The van der Waals surface area contributed by atoms with Crippen molar-refractivity contribution in [3.8, 4) is 0 Å². The minimum absolute atomic E-state index is 0.0241. The van der Waals surface area contributed by atoms with Gasteiger partial charge >= 0.3 is 5.97 Å². The molecule has 66 valence electrons. The lowest BCUT2D eigenvalue weighted by Gasteiger charge is -2.12. The maximum absolute atomic E-state index is 11.0. The Kier molecular flexibility index (Phi) is 2.85. The van der Waals surface area contributed by atoms with E-state index in [1.54, 1.807) is 0 Å². The van der Waals surface area contributed by atoms with Crippen LogP contribution in [0.3, 0.4) is 0 Å². The smallest absolute Gasteiger partial charge is 0.330 e. The number of nitrogens with zero attached hydrogens (tertiary/aromatic N) is 1. The van der Waals surface area contributed by atoms with Crippen LogP contribution >= 0.6 is 0 Å². The number of ether oxygens (including phenoxy) is 1. The maximum Gasteiger partial charge on any atom is 0.330 e. The van der Waals surface area contributed by atoms with Crippen molar-refractivity contribution in [2.75, 3.05) is 13.1 Å². The molecule has 12 heavy (non-hydrogen) atoms. The molecule has 0 radical (unpaired) electrons. The van der Waals surface area contributed by atoms with Crippen LogP contribution in [0.5, 0.6) is 0 Å². The van der Waals surface area contributed by atoms with Gasteiger partial charge in [-0.15, -0.1) is 0 Å². The van der Waals surface area contributed by atoms with Crippen LogP contribution in [0.1, 0.15) is 12.8 Å². The first kappa shape index (κ1) is 8.77. The van der Waals surface area contributed by atoms with Crippen molar-refractivity contribution >= 4 is 11.9 Å². The molecule has 1 heterocycles. The standard InChI is InChI=1S/C8H11NO3/c1-2-12-8(11)6-9-5-3-4-7(9)10/h2H,1,3-6H2. The van der Waals surface area contributed by atoms with Crippen LogP contribution in [0.4, 0.5) is 0 Å². The zero-order chi connectivity index (χ0) is 8.97. The van der Waals surface area contributed by atoms with Crippen LogP contribution in [-0.2, 0) is 14.3 Å². The molecule has 0 aromatic carbocycles. The Labute approximate surface area is 70.8 Å². The second-order valence-corrected chi connectivity index (χ2v) is 2.58. The Hall–Kier alpha value is -1.32. The molecule has 1 saturated heterocycles. The SMILES string of the molecule is C=COC(=O)CN1CCCC1=O. The van der Waals surface area contributed by atoms with Crippen LogP contribution < -0.4 is 0 Å². The van der Waals surface area contributed by atoms with Crippen LogP contribution in [0.15, 0.2) is 12.8 Å². The van der Waals surface area contributed by atoms with E-state index >= 15 is 0 Å². The summed E-state index contributed by atoms with van der Waals surface area (Å²) in [7, 11) is 0. The summed E-state index contributed by atoms with van der Waals surface area (Å²) in [6.07, 6.45) is 2.45. The van der Waals surface area contributed by atoms with Gasteiger partial charge < -0.3 is 9.64 Å². The molecule has 4 nitrogen and oxygen atoms in total. The normalized spacial score (nSPS) is 16.3. The van der Waals surface area contributed by atoms with Gasteiger partial charge in [-0.05, 0) is 6.42 Å². The second-order valence-electron chi connectivity index (χ2n) is 2.58. The summed E-state index contributed by atoms with van der Waals surface area (Å²) in [5.41, 5.74) is 0. The summed E-state index contributed by atoms with van der Waals surface area (Å²) >= 11 is 0. The monoisotopic (exact) mass is 169 g/mol. The lowest BCUT2D eigenvalue weighted by Crippen LogP contribution is -2.31. The molecule has 1 aliphatic heterocycles. The van der Waals surface area contributed by atoms with Crippen molar-refractivity contribution < 1.29 is 14.3 Å². The summed E-state index contributed by atoms with van der Waals surface area (Å²) in [5.74, 6) is -0.406. The first-order chi connectivity index (χ1) is 5.74. The van der Waals surface area contributed by atoms with E-state index in [2.05, 4.69) is 11.3 Å². The summed E-state index contributed by atoms with van der Waals surface area (Å²) in [6, 6.07) is 0. The van der Waals surface area contributed by atoms with E-state index in [-0.39, 0.29) is 12.5 Å². The van der Waals surface area contributed by atoms with Crippen LogP contribution in [-0.4, -0.2) is 29.9 Å². The third-order valence-corrected chi connectivity index (χ3v) is 1.71. The average Bonchev–Trinajstić information content (AvgIpc) is 2.37. The number of hydrogen-bond donors (Lipinski definition) is 0. The fourth-order valence-electron chi connectivity index (χ4n) is 1.16. The van der Waals surface area contributed by atoms with Crippen LogP contribution in [0.25, 0.3) is 0 Å². The van der Waals surface area contributed by atoms with Gasteiger partial charge in [0.2, 0.25) is 5.91 Å². The van der Waals surface area contributed by atoms with E-state index < -0.39 is 5.97 Å². The molecule has 0 unspecified atom stereocenters. The fourth-order valence-corrected chi connectivity index (χ4v) is 1.16. The molecule has 0 aromatic rings. The molecular formula is C8H11NO3. The van der Waals surface area contributed by atoms with Crippen LogP contribution in [0, 0.1) is 0 Å². The van der Waals surface area contributed by atoms with Crippen molar-refractivity contribution in [1.82, 2.24) is 4.90 Å². The van der Waals surface area contributed by atoms with Crippen molar-refractivity contribution in [3.63, 3.8) is 0 Å². The number of hydrogen-bond acceptors (Lipinski definition) is 3. The first-order valence-corrected chi connectivity index (χ1v) is 3.82. The second kappa shape index (κ2) is 3.90. The number of esters is 1. The van der Waals surface area contributed by atoms with Crippen molar-refractivity contribution in [3.05, 3.63) is 12.8 Å². The summed E-state index contributed by atoms with van der Waals surface area (Å²) < 4.78 is 4.48. The van der Waals surface area contributed by atoms with E-state index in [0.717, 1.165) is 12.7 Å². The Morgan fingerprint density at radius 2 is 2.50 bits per heavy atom. The van der Waals surface area contributed by atoms with Crippen molar-refractivity contribution in [2.24, 2.45) is 0 Å². The Morgan fingerprint density at radius 1 is 1.75 bits per heavy atom.